The number of aryl methyl sites for hydroxylation is 2. The standard InChI is InChI=1S/C23H23ClN4O4S/c1-3-6-18-22(23-25-20(29)11-12-21(30)28(23)26-18)15-10-9-14(2)19(13-15)33(31,32)27-17-8-5-4-7-16(17)24/h4-5,7-10,13,27H,3,6,11-12H2,1-2H3,(H,25,29). The number of aromatic nitrogens is 2. The van der Waals surface area contributed by atoms with E-state index >= 15 is 0 Å². The third-order valence-electron chi connectivity index (χ3n) is 5.39. The molecule has 2 N–H and O–H groups in total. The first kappa shape index (κ1) is 23.0. The van der Waals surface area contributed by atoms with Gasteiger partial charge in [0.25, 0.3) is 10.0 Å². The molecule has 0 saturated heterocycles. The summed E-state index contributed by atoms with van der Waals surface area (Å²) in [6.07, 6.45) is 1.45. The van der Waals surface area contributed by atoms with Crippen molar-refractivity contribution in [3.05, 3.63) is 58.7 Å². The average molecular weight is 487 g/mol. The molecule has 4 rings (SSSR count). The number of fused-ring (bicyclic) bond motifs is 1. The molecule has 33 heavy (non-hydrogen) atoms. The van der Waals surface area contributed by atoms with Gasteiger partial charge < -0.3 is 5.32 Å². The minimum atomic E-state index is -3.97. The molecule has 0 unspecified atom stereocenters. The van der Waals surface area contributed by atoms with Crippen LogP contribution in [0.5, 0.6) is 0 Å². The highest BCUT2D eigenvalue weighted by molar-refractivity contribution is 7.92. The SMILES string of the molecule is CCCc1nn2c(c1-c1ccc(C)c(S(=O)(=O)Nc3ccccc3Cl)c1)NC(=O)CCC2=O. The van der Waals surface area contributed by atoms with Gasteiger partial charge in [-0.15, -0.1) is 0 Å². The van der Waals surface area contributed by atoms with Gasteiger partial charge in [0.1, 0.15) is 5.82 Å². The number of nitrogens with zero attached hydrogens (tertiary/aromatic N) is 2. The molecule has 8 nitrogen and oxygen atoms in total. The van der Waals surface area contributed by atoms with Gasteiger partial charge >= 0.3 is 0 Å². The van der Waals surface area contributed by atoms with Crippen LogP contribution in [0.3, 0.4) is 0 Å². The van der Waals surface area contributed by atoms with Gasteiger partial charge in [-0.05, 0) is 42.7 Å². The summed E-state index contributed by atoms with van der Waals surface area (Å²) in [5, 5.41) is 7.51. The molecule has 1 amide bonds. The van der Waals surface area contributed by atoms with Crippen molar-refractivity contribution in [2.45, 2.75) is 44.4 Å². The third kappa shape index (κ3) is 4.51. The Morgan fingerprint density at radius 2 is 1.91 bits per heavy atom. The Bertz CT molecular complexity index is 1360. The van der Waals surface area contributed by atoms with E-state index in [1.165, 1.54) is 10.7 Å². The lowest BCUT2D eigenvalue weighted by Crippen LogP contribution is -2.15. The second-order valence-corrected chi connectivity index (χ2v) is 9.90. The zero-order valence-electron chi connectivity index (χ0n) is 18.2. The summed E-state index contributed by atoms with van der Waals surface area (Å²) in [5.74, 6) is -0.295. The van der Waals surface area contributed by atoms with Gasteiger partial charge in [-0.1, -0.05) is 49.2 Å². The average Bonchev–Trinajstić information content (AvgIpc) is 3.05. The smallest absolute Gasteiger partial charge is 0.262 e. The maximum atomic E-state index is 13.2. The highest BCUT2D eigenvalue weighted by Gasteiger charge is 2.28. The maximum absolute atomic E-state index is 13.2. The molecular weight excluding hydrogens is 464 g/mol. The minimum Gasteiger partial charge on any atom is -0.310 e. The minimum absolute atomic E-state index is 0.0563. The first-order valence-corrected chi connectivity index (χ1v) is 12.4. The highest BCUT2D eigenvalue weighted by atomic mass is 35.5. The summed E-state index contributed by atoms with van der Waals surface area (Å²) in [6, 6.07) is 11.6. The summed E-state index contributed by atoms with van der Waals surface area (Å²) in [6.45, 7) is 3.68. The van der Waals surface area contributed by atoms with E-state index in [1.54, 1.807) is 43.3 Å². The Balaban J connectivity index is 1.85. The predicted molar refractivity (Wildman–Crippen MR) is 127 cm³/mol. The Morgan fingerprint density at radius 1 is 1.15 bits per heavy atom. The fourth-order valence-electron chi connectivity index (χ4n) is 3.78. The number of sulfonamides is 1. The van der Waals surface area contributed by atoms with E-state index in [0.29, 0.717) is 28.8 Å². The largest absolute Gasteiger partial charge is 0.310 e. The van der Waals surface area contributed by atoms with Crippen LogP contribution in [0.25, 0.3) is 11.1 Å². The molecule has 10 heteroatoms. The van der Waals surface area contributed by atoms with E-state index in [2.05, 4.69) is 15.1 Å². The second kappa shape index (κ2) is 8.99. The van der Waals surface area contributed by atoms with Crippen molar-refractivity contribution in [1.82, 2.24) is 9.78 Å². The van der Waals surface area contributed by atoms with Crippen molar-refractivity contribution >= 4 is 44.9 Å². The molecule has 1 aromatic heterocycles. The number of amides is 1. The molecule has 3 aromatic rings. The summed E-state index contributed by atoms with van der Waals surface area (Å²) < 4.78 is 30.2. The zero-order valence-corrected chi connectivity index (χ0v) is 19.8. The van der Waals surface area contributed by atoms with Crippen LogP contribution in [0.4, 0.5) is 11.5 Å². The fraction of sp³-hybridized carbons (Fsp3) is 0.261. The number of benzene rings is 2. The quantitative estimate of drug-likeness (QED) is 0.527. The van der Waals surface area contributed by atoms with Crippen LogP contribution in [-0.2, 0) is 21.2 Å². The van der Waals surface area contributed by atoms with E-state index in [4.69, 9.17) is 11.6 Å². The van der Waals surface area contributed by atoms with Gasteiger partial charge in [0.2, 0.25) is 11.8 Å². The van der Waals surface area contributed by atoms with Crippen LogP contribution in [0.15, 0.2) is 47.4 Å². The maximum Gasteiger partial charge on any atom is 0.262 e. The van der Waals surface area contributed by atoms with Crippen molar-refractivity contribution in [3.8, 4) is 11.1 Å². The number of carbonyl (C=O) groups is 2. The van der Waals surface area contributed by atoms with Crippen molar-refractivity contribution in [2.75, 3.05) is 10.0 Å². The van der Waals surface area contributed by atoms with E-state index in [1.807, 2.05) is 6.92 Å². The molecule has 0 radical (unpaired) electrons. The van der Waals surface area contributed by atoms with Crippen LogP contribution >= 0.6 is 11.6 Å². The molecule has 0 saturated carbocycles. The molecule has 0 atom stereocenters. The Hall–Kier alpha value is -3.17. The monoisotopic (exact) mass is 486 g/mol. The van der Waals surface area contributed by atoms with Gasteiger partial charge in [-0.25, -0.2) is 8.42 Å². The van der Waals surface area contributed by atoms with Crippen LogP contribution in [0, 0.1) is 6.92 Å². The van der Waals surface area contributed by atoms with Gasteiger partial charge in [-0.3, -0.25) is 14.3 Å². The number of nitrogens with one attached hydrogen (secondary N) is 2. The van der Waals surface area contributed by atoms with Crippen LogP contribution in [0.1, 0.15) is 42.2 Å². The lowest BCUT2D eigenvalue weighted by molar-refractivity contribution is -0.116. The molecule has 0 spiro atoms. The first-order chi connectivity index (χ1) is 15.7. The van der Waals surface area contributed by atoms with Crippen LogP contribution in [0.2, 0.25) is 5.02 Å². The van der Waals surface area contributed by atoms with Gasteiger partial charge in [0, 0.05) is 18.4 Å². The number of hydrogen-bond acceptors (Lipinski definition) is 5. The number of rotatable bonds is 6. The number of para-hydroxylation sites is 1. The second-order valence-electron chi connectivity index (χ2n) is 7.84. The molecule has 1 aliphatic heterocycles. The molecule has 0 fully saturated rings. The van der Waals surface area contributed by atoms with Gasteiger partial charge in [0.05, 0.1) is 21.3 Å². The summed E-state index contributed by atoms with van der Waals surface area (Å²) >= 11 is 6.14. The van der Waals surface area contributed by atoms with Gasteiger partial charge in [-0.2, -0.15) is 9.78 Å². The molecule has 172 valence electrons. The Kier molecular flexibility index (Phi) is 6.27. The first-order valence-electron chi connectivity index (χ1n) is 10.5. The van der Waals surface area contributed by atoms with E-state index in [0.717, 1.165) is 6.42 Å². The number of hydrogen-bond donors (Lipinski definition) is 2. The number of anilines is 2. The summed E-state index contributed by atoms with van der Waals surface area (Å²) in [7, 11) is -3.97. The summed E-state index contributed by atoms with van der Waals surface area (Å²) in [5.41, 5.74) is 2.52. The number of carbonyl (C=O) groups excluding carboxylic acids is 2. The normalized spacial score (nSPS) is 13.9. The fourth-order valence-corrected chi connectivity index (χ4v) is 5.37. The van der Waals surface area contributed by atoms with Crippen molar-refractivity contribution in [1.29, 1.82) is 0 Å². The molecular formula is C23H23ClN4O4S. The van der Waals surface area contributed by atoms with Gasteiger partial charge in [0.15, 0.2) is 0 Å². The lowest BCUT2D eigenvalue weighted by Gasteiger charge is -2.14. The zero-order chi connectivity index (χ0) is 23.8. The lowest BCUT2D eigenvalue weighted by atomic mass is 10.0. The topological polar surface area (TPSA) is 110 Å². The third-order valence-corrected chi connectivity index (χ3v) is 7.23. The van der Waals surface area contributed by atoms with E-state index in [-0.39, 0.29) is 46.1 Å². The molecule has 0 aliphatic carbocycles. The van der Waals surface area contributed by atoms with Crippen LogP contribution in [-0.4, -0.2) is 30.0 Å². The number of halogens is 1. The molecule has 0 bridgehead atoms. The van der Waals surface area contributed by atoms with E-state index in [9.17, 15) is 18.0 Å². The van der Waals surface area contributed by atoms with Crippen LogP contribution < -0.4 is 10.0 Å². The highest BCUT2D eigenvalue weighted by Crippen LogP contribution is 2.36. The van der Waals surface area contributed by atoms with Crippen molar-refractivity contribution < 1.29 is 18.0 Å². The Labute approximate surface area is 197 Å². The predicted octanol–water partition coefficient (Wildman–Crippen LogP) is 4.64. The van der Waals surface area contributed by atoms with Crippen molar-refractivity contribution in [3.63, 3.8) is 0 Å². The molecule has 2 aromatic carbocycles. The van der Waals surface area contributed by atoms with E-state index < -0.39 is 10.0 Å². The molecule has 2 heterocycles. The van der Waals surface area contributed by atoms with Crippen molar-refractivity contribution in [2.24, 2.45) is 0 Å². The molecule has 1 aliphatic rings. The Morgan fingerprint density at radius 3 is 2.64 bits per heavy atom. The summed E-state index contributed by atoms with van der Waals surface area (Å²) in [4.78, 5) is 24.9.